The second-order valence-corrected chi connectivity index (χ2v) is 5.84. The number of benzene rings is 1. The maximum Gasteiger partial charge on any atom is 0.249 e. The molecule has 5 nitrogen and oxygen atoms in total. The summed E-state index contributed by atoms with van der Waals surface area (Å²) in [5.74, 6) is -0.186. The predicted octanol–water partition coefficient (Wildman–Crippen LogP) is 2.75. The van der Waals surface area contributed by atoms with Crippen molar-refractivity contribution in [2.75, 3.05) is 18.0 Å². The molecule has 1 atom stereocenters. The Labute approximate surface area is 147 Å². The number of pyridine rings is 1. The van der Waals surface area contributed by atoms with E-state index in [0.29, 0.717) is 19.5 Å². The fourth-order valence-electron chi connectivity index (χ4n) is 3.08. The van der Waals surface area contributed by atoms with Gasteiger partial charge in [0.05, 0.1) is 5.69 Å². The van der Waals surface area contributed by atoms with Crippen molar-refractivity contribution in [3.05, 3.63) is 66.5 Å². The van der Waals surface area contributed by atoms with Gasteiger partial charge in [0.15, 0.2) is 0 Å². The molecule has 3 rings (SSSR count). The molecule has 25 heavy (non-hydrogen) atoms. The lowest BCUT2D eigenvalue weighted by molar-refractivity contribution is -0.134. The van der Waals surface area contributed by atoms with Gasteiger partial charge in [0.2, 0.25) is 11.8 Å². The van der Waals surface area contributed by atoms with Crippen LogP contribution in [0.25, 0.3) is 6.08 Å². The Bertz CT molecular complexity index is 759. The highest BCUT2D eigenvalue weighted by molar-refractivity contribution is 6.03. The first-order valence-electron chi connectivity index (χ1n) is 8.47. The van der Waals surface area contributed by atoms with Crippen LogP contribution in [-0.4, -0.2) is 40.8 Å². The molecular weight excluding hydrogens is 314 g/mol. The van der Waals surface area contributed by atoms with Crippen LogP contribution in [0.5, 0.6) is 0 Å². The summed E-state index contributed by atoms with van der Waals surface area (Å²) in [5.41, 5.74) is 1.60. The van der Waals surface area contributed by atoms with Crippen LogP contribution in [0, 0.1) is 0 Å². The Hall–Kier alpha value is -2.95. The Morgan fingerprint density at radius 1 is 1.24 bits per heavy atom. The number of hydrogen-bond donors (Lipinski definition) is 0. The van der Waals surface area contributed by atoms with Crippen molar-refractivity contribution >= 4 is 23.6 Å². The Morgan fingerprint density at radius 3 is 2.68 bits per heavy atom. The van der Waals surface area contributed by atoms with Gasteiger partial charge in [-0.15, -0.1) is 0 Å². The monoisotopic (exact) mass is 335 g/mol. The zero-order valence-corrected chi connectivity index (χ0v) is 14.2. The summed E-state index contributed by atoms with van der Waals surface area (Å²) in [5, 5.41) is 0. The van der Waals surface area contributed by atoms with E-state index in [1.54, 1.807) is 22.1 Å². The summed E-state index contributed by atoms with van der Waals surface area (Å²) in [6.07, 6.45) is 5.49. The molecule has 2 amide bonds. The van der Waals surface area contributed by atoms with Gasteiger partial charge in [-0.1, -0.05) is 24.3 Å². The zero-order valence-electron chi connectivity index (χ0n) is 14.2. The van der Waals surface area contributed by atoms with E-state index in [0.717, 1.165) is 11.4 Å². The van der Waals surface area contributed by atoms with Gasteiger partial charge in [-0.25, -0.2) is 0 Å². The fourth-order valence-corrected chi connectivity index (χ4v) is 3.08. The Balaban J connectivity index is 1.72. The second-order valence-electron chi connectivity index (χ2n) is 5.84. The molecule has 1 aliphatic rings. The van der Waals surface area contributed by atoms with Crippen LogP contribution in [0.2, 0.25) is 0 Å². The van der Waals surface area contributed by atoms with Crippen molar-refractivity contribution in [1.29, 1.82) is 0 Å². The van der Waals surface area contributed by atoms with Crippen molar-refractivity contribution < 1.29 is 9.59 Å². The molecule has 0 spiro atoms. The summed E-state index contributed by atoms with van der Waals surface area (Å²) in [6.45, 7) is 3.01. The molecule has 1 aromatic heterocycles. The van der Waals surface area contributed by atoms with Gasteiger partial charge in [0.1, 0.15) is 6.04 Å². The smallest absolute Gasteiger partial charge is 0.249 e. The van der Waals surface area contributed by atoms with Crippen LogP contribution >= 0.6 is 0 Å². The Morgan fingerprint density at radius 2 is 2.00 bits per heavy atom. The van der Waals surface area contributed by atoms with Gasteiger partial charge in [-0.05, 0) is 43.7 Å². The van der Waals surface area contributed by atoms with E-state index < -0.39 is 6.04 Å². The largest absolute Gasteiger partial charge is 0.327 e. The molecule has 0 radical (unpaired) electrons. The molecule has 0 saturated carbocycles. The van der Waals surface area contributed by atoms with Crippen molar-refractivity contribution in [2.45, 2.75) is 19.4 Å². The maximum absolute atomic E-state index is 12.8. The molecule has 1 aromatic carbocycles. The lowest BCUT2D eigenvalue weighted by atomic mass is 10.2. The highest BCUT2D eigenvalue weighted by Crippen LogP contribution is 2.24. The number of likely N-dealkylation sites (N-methyl/N-ethyl adjacent to an activating group) is 1. The molecule has 1 unspecified atom stereocenters. The van der Waals surface area contributed by atoms with E-state index in [9.17, 15) is 9.59 Å². The third-order valence-corrected chi connectivity index (χ3v) is 4.33. The molecule has 0 aliphatic carbocycles. The van der Waals surface area contributed by atoms with Crippen LogP contribution in [-0.2, 0) is 9.59 Å². The van der Waals surface area contributed by atoms with Crippen molar-refractivity contribution in [3.63, 3.8) is 0 Å². The van der Waals surface area contributed by atoms with E-state index in [1.165, 1.54) is 6.08 Å². The topological polar surface area (TPSA) is 53.5 Å². The number of rotatable bonds is 5. The van der Waals surface area contributed by atoms with Crippen molar-refractivity contribution in [3.8, 4) is 0 Å². The number of para-hydroxylation sites is 1. The standard InChI is InChI=1S/C20H21N3O2/c1-2-22(19(24)12-11-16-8-6-7-14-21-16)18-13-15-23(20(18)25)17-9-4-3-5-10-17/h3-12,14,18H,2,13,15H2,1H3. The number of amides is 2. The van der Waals surface area contributed by atoms with E-state index in [-0.39, 0.29) is 11.8 Å². The van der Waals surface area contributed by atoms with Crippen LogP contribution < -0.4 is 4.90 Å². The molecule has 128 valence electrons. The van der Waals surface area contributed by atoms with Gasteiger partial charge in [-0.3, -0.25) is 14.6 Å². The molecule has 5 heteroatoms. The number of carbonyl (C=O) groups is 2. The van der Waals surface area contributed by atoms with Crippen LogP contribution in [0.15, 0.2) is 60.8 Å². The van der Waals surface area contributed by atoms with Crippen molar-refractivity contribution in [2.24, 2.45) is 0 Å². The van der Waals surface area contributed by atoms with Gasteiger partial charge in [0.25, 0.3) is 0 Å². The molecule has 1 saturated heterocycles. The first-order chi connectivity index (χ1) is 12.2. The average Bonchev–Trinajstić information content (AvgIpc) is 3.04. The third kappa shape index (κ3) is 3.76. The minimum atomic E-state index is -0.411. The third-order valence-electron chi connectivity index (χ3n) is 4.33. The fraction of sp³-hybridized carbons (Fsp3) is 0.250. The number of carbonyl (C=O) groups excluding carboxylic acids is 2. The summed E-state index contributed by atoms with van der Waals surface area (Å²) >= 11 is 0. The Kier molecular flexibility index (Phi) is 5.23. The van der Waals surface area contributed by atoms with Gasteiger partial charge in [0, 0.05) is 31.0 Å². The molecule has 0 bridgehead atoms. The SMILES string of the molecule is CCN(C(=O)C=Cc1ccccn1)C1CCN(c2ccccc2)C1=O. The number of anilines is 1. The summed E-state index contributed by atoms with van der Waals surface area (Å²) in [4.78, 5) is 32.9. The minimum Gasteiger partial charge on any atom is -0.327 e. The normalized spacial score (nSPS) is 17.2. The average molecular weight is 335 g/mol. The predicted molar refractivity (Wildman–Crippen MR) is 97.9 cm³/mol. The van der Waals surface area contributed by atoms with Crippen LogP contribution in [0.1, 0.15) is 19.0 Å². The van der Waals surface area contributed by atoms with Crippen molar-refractivity contribution in [1.82, 2.24) is 9.88 Å². The first kappa shape index (κ1) is 16.9. The molecule has 2 aromatic rings. The molecule has 2 heterocycles. The highest BCUT2D eigenvalue weighted by Gasteiger charge is 2.37. The van der Waals surface area contributed by atoms with Crippen LogP contribution in [0.3, 0.4) is 0 Å². The van der Waals surface area contributed by atoms with Gasteiger partial charge >= 0.3 is 0 Å². The number of nitrogens with zero attached hydrogens (tertiary/aromatic N) is 3. The molecular formula is C20H21N3O2. The molecule has 1 fully saturated rings. The summed E-state index contributed by atoms with van der Waals surface area (Å²) < 4.78 is 0. The molecule has 1 aliphatic heterocycles. The van der Waals surface area contributed by atoms with Gasteiger partial charge in [-0.2, -0.15) is 0 Å². The summed E-state index contributed by atoms with van der Waals surface area (Å²) in [7, 11) is 0. The highest BCUT2D eigenvalue weighted by atomic mass is 16.2. The lowest BCUT2D eigenvalue weighted by Gasteiger charge is -2.25. The van der Waals surface area contributed by atoms with Gasteiger partial charge < -0.3 is 9.80 Å². The first-order valence-corrected chi connectivity index (χ1v) is 8.47. The van der Waals surface area contributed by atoms with E-state index in [1.807, 2.05) is 55.5 Å². The lowest BCUT2D eigenvalue weighted by Crippen LogP contribution is -2.44. The quantitative estimate of drug-likeness (QED) is 0.790. The second kappa shape index (κ2) is 7.75. The van der Waals surface area contributed by atoms with E-state index >= 15 is 0 Å². The number of aromatic nitrogens is 1. The van der Waals surface area contributed by atoms with E-state index in [4.69, 9.17) is 0 Å². The number of hydrogen-bond acceptors (Lipinski definition) is 3. The molecule has 0 N–H and O–H groups in total. The van der Waals surface area contributed by atoms with Crippen LogP contribution in [0.4, 0.5) is 5.69 Å². The minimum absolute atomic E-state index is 0.0207. The maximum atomic E-state index is 12.8. The van der Waals surface area contributed by atoms with E-state index in [2.05, 4.69) is 4.98 Å². The zero-order chi connectivity index (χ0) is 17.6. The summed E-state index contributed by atoms with van der Waals surface area (Å²) in [6, 6.07) is 14.7.